The molecule has 0 fully saturated rings. The Balaban J connectivity index is 2.79. The third kappa shape index (κ3) is 3.34. The molecule has 15 heavy (non-hydrogen) atoms. The molecule has 0 aliphatic rings. The van der Waals surface area contributed by atoms with Crippen LogP contribution in [-0.2, 0) is 9.53 Å². The lowest BCUT2D eigenvalue weighted by Crippen LogP contribution is -2.00. The molecule has 1 aromatic rings. The first-order valence-corrected chi connectivity index (χ1v) is 4.57. The fourth-order valence-electron chi connectivity index (χ4n) is 1.03. The van der Waals surface area contributed by atoms with E-state index >= 15 is 0 Å². The number of rotatable bonds is 3. The summed E-state index contributed by atoms with van der Waals surface area (Å²) in [5.74, 6) is -0.694. The molecule has 1 aromatic carbocycles. The first kappa shape index (κ1) is 11.1. The van der Waals surface area contributed by atoms with E-state index in [9.17, 15) is 9.90 Å². The summed E-state index contributed by atoms with van der Waals surface area (Å²) in [4.78, 5) is 11.0. The Morgan fingerprint density at radius 1 is 1.47 bits per heavy atom. The van der Waals surface area contributed by atoms with Crippen molar-refractivity contribution >= 4 is 17.4 Å². The number of carbonyl (C=O) groups excluding carboxylic acids is 1. The molecular weight excluding hydrogens is 194 g/mol. The molecule has 4 nitrogen and oxygen atoms in total. The predicted octanol–water partition coefficient (Wildman–Crippen LogP) is 1.73. The van der Waals surface area contributed by atoms with Crippen molar-refractivity contribution in [3.05, 3.63) is 35.9 Å². The average Bonchev–Trinajstić information content (AvgIpc) is 2.18. The highest BCUT2D eigenvalue weighted by atomic mass is 16.5. The van der Waals surface area contributed by atoms with Gasteiger partial charge in [0.05, 0.1) is 12.7 Å². The van der Waals surface area contributed by atoms with Gasteiger partial charge in [0.15, 0.2) is 0 Å². The number of nitrogens with two attached hydrogens (primary N) is 1. The van der Waals surface area contributed by atoms with Crippen LogP contribution in [0, 0.1) is 0 Å². The van der Waals surface area contributed by atoms with E-state index in [1.807, 2.05) is 0 Å². The van der Waals surface area contributed by atoms with Crippen LogP contribution in [0.15, 0.2) is 30.3 Å². The fourth-order valence-corrected chi connectivity index (χ4v) is 1.03. The Morgan fingerprint density at radius 3 is 2.60 bits per heavy atom. The maximum Gasteiger partial charge on any atom is 0.334 e. The van der Waals surface area contributed by atoms with Crippen molar-refractivity contribution in [2.24, 2.45) is 0 Å². The van der Waals surface area contributed by atoms with Crippen LogP contribution in [0.2, 0.25) is 0 Å². The summed E-state index contributed by atoms with van der Waals surface area (Å²) in [7, 11) is 0. The van der Waals surface area contributed by atoms with E-state index in [0.717, 1.165) is 6.08 Å². The highest BCUT2D eigenvalue weighted by Gasteiger charge is 2.02. The Kier molecular flexibility index (Phi) is 3.74. The highest BCUT2D eigenvalue weighted by molar-refractivity contribution is 5.89. The minimum Gasteiger partial charge on any atom is -0.507 e. The van der Waals surface area contributed by atoms with Crippen molar-refractivity contribution in [1.82, 2.24) is 0 Å². The predicted molar refractivity (Wildman–Crippen MR) is 58.1 cm³/mol. The van der Waals surface area contributed by atoms with Gasteiger partial charge >= 0.3 is 5.97 Å². The molecule has 0 atom stereocenters. The molecule has 4 heteroatoms. The number of benzene rings is 1. The monoisotopic (exact) mass is 207 g/mol. The van der Waals surface area contributed by atoms with E-state index in [4.69, 9.17) is 5.73 Å². The number of hydrogen-bond donors (Lipinski definition) is 2. The van der Waals surface area contributed by atoms with Crippen LogP contribution >= 0.6 is 0 Å². The molecule has 0 bridgehead atoms. The first-order valence-electron chi connectivity index (χ1n) is 4.57. The van der Waals surface area contributed by atoms with Gasteiger partial charge in [0.2, 0.25) is 0 Å². The van der Waals surface area contributed by atoms with Gasteiger partial charge in [0.1, 0.15) is 5.76 Å². The van der Waals surface area contributed by atoms with Gasteiger partial charge in [0.25, 0.3) is 0 Å². The van der Waals surface area contributed by atoms with E-state index in [0.29, 0.717) is 11.3 Å². The number of esters is 1. The molecule has 0 amide bonds. The Bertz CT molecular complexity index is 368. The van der Waals surface area contributed by atoms with Gasteiger partial charge < -0.3 is 15.6 Å². The number of aliphatic hydroxyl groups excluding tert-OH is 1. The van der Waals surface area contributed by atoms with E-state index in [1.54, 1.807) is 31.2 Å². The SMILES string of the molecule is CCOC(=O)C=C(O)c1ccc(N)cc1. The second-order valence-corrected chi connectivity index (χ2v) is 2.90. The molecule has 0 heterocycles. The molecule has 0 aliphatic heterocycles. The maximum absolute atomic E-state index is 11.0. The van der Waals surface area contributed by atoms with Crippen molar-refractivity contribution in [3.8, 4) is 0 Å². The molecule has 0 saturated carbocycles. The van der Waals surface area contributed by atoms with E-state index < -0.39 is 5.97 Å². The summed E-state index contributed by atoms with van der Waals surface area (Å²) < 4.78 is 4.66. The van der Waals surface area contributed by atoms with Crippen LogP contribution in [0.25, 0.3) is 5.76 Å². The molecule has 3 N–H and O–H groups in total. The quantitative estimate of drug-likeness (QED) is 0.342. The smallest absolute Gasteiger partial charge is 0.334 e. The molecule has 0 unspecified atom stereocenters. The molecule has 0 saturated heterocycles. The van der Waals surface area contributed by atoms with Crippen molar-refractivity contribution in [3.63, 3.8) is 0 Å². The van der Waals surface area contributed by atoms with Crippen molar-refractivity contribution in [2.45, 2.75) is 6.92 Å². The Morgan fingerprint density at radius 2 is 2.07 bits per heavy atom. The minimum atomic E-state index is -0.563. The lowest BCUT2D eigenvalue weighted by molar-refractivity contribution is -0.137. The average molecular weight is 207 g/mol. The van der Waals surface area contributed by atoms with E-state index in [1.165, 1.54) is 0 Å². The number of hydrogen-bond acceptors (Lipinski definition) is 4. The second-order valence-electron chi connectivity index (χ2n) is 2.90. The molecule has 0 aromatic heterocycles. The van der Waals surface area contributed by atoms with Crippen molar-refractivity contribution in [1.29, 1.82) is 0 Å². The van der Waals surface area contributed by atoms with Crippen LogP contribution in [0.3, 0.4) is 0 Å². The summed E-state index contributed by atoms with van der Waals surface area (Å²) in [5, 5.41) is 9.53. The maximum atomic E-state index is 11.0. The third-order valence-electron chi connectivity index (χ3n) is 1.75. The van der Waals surface area contributed by atoms with Gasteiger partial charge in [-0.1, -0.05) is 0 Å². The zero-order chi connectivity index (χ0) is 11.3. The van der Waals surface area contributed by atoms with Gasteiger partial charge in [-0.3, -0.25) is 0 Å². The summed E-state index contributed by atoms with van der Waals surface area (Å²) in [6.45, 7) is 1.98. The molecule has 0 aliphatic carbocycles. The van der Waals surface area contributed by atoms with E-state index in [2.05, 4.69) is 4.74 Å². The molecule has 80 valence electrons. The molecule has 0 spiro atoms. The Hall–Kier alpha value is -1.97. The first-order chi connectivity index (χ1) is 7.13. The summed E-state index contributed by atoms with van der Waals surface area (Å²) in [6.07, 6.45) is 1.04. The van der Waals surface area contributed by atoms with E-state index in [-0.39, 0.29) is 12.4 Å². The highest BCUT2D eigenvalue weighted by Crippen LogP contribution is 2.13. The van der Waals surface area contributed by atoms with Crippen molar-refractivity contribution in [2.75, 3.05) is 12.3 Å². The molecular formula is C11H13NO3. The van der Waals surface area contributed by atoms with Crippen LogP contribution in [0.4, 0.5) is 5.69 Å². The van der Waals surface area contributed by atoms with Crippen molar-refractivity contribution < 1.29 is 14.6 Å². The molecule has 1 rings (SSSR count). The van der Waals surface area contributed by atoms with Gasteiger partial charge in [-0.25, -0.2) is 4.79 Å². The number of ether oxygens (including phenoxy) is 1. The van der Waals surface area contributed by atoms with Crippen LogP contribution in [0.5, 0.6) is 0 Å². The number of carbonyl (C=O) groups is 1. The van der Waals surface area contributed by atoms with Gasteiger partial charge in [-0.05, 0) is 31.2 Å². The molecule has 0 radical (unpaired) electrons. The summed E-state index contributed by atoms with van der Waals surface area (Å²) in [6, 6.07) is 6.54. The second kappa shape index (κ2) is 5.05. The lowest BCUT2D eigenvalue weighted by atomic mass is 10.1. The minimum absolute atomic E-state index is 0.131. The zero-order valence-electron chi connectivity index (χ0n) is 8.43. The third-order valence-corrected chi connectivity index (χ3v) is 1.75. The lowest BCUT2D eigenvalue weighted by Gasteiger charge is -2.01. The zero-order valence-corrected chi connectivity index (χ0v) is 8.43. The standard InChI is InChI=1S/C11H13NO3/c1-2-15-11(14)7-10(13)8-3-5-9(12)6-4-8/h3-7,13H,2,12H2,1H3. The van der Waals surface area contributed by atoms with Crippen LogP contribution in [0.1, 0.15) is 12.5 Å². The van der Waals surface area contributed by atoms with Crippen LogP contribution < -0.4 is 5.73 Å². The van der Waals surface area contributed by atoms with Gasteiger partial charge in [0, 0.05) is 11.3 Å². The number of anilines is 1. The largest absolute Gasteiger partial charge is 0.507 e. The number of nitrogen functional groups attached to an aromatic ring is 1. The fraction of sp³-hybridized carbons (Fsp3) is 0.182. The van der Waals surface area contributed by atoms with Gasteiger partial charge in [-0.15, -0.1) is 0 Å². The summed E-state index contributed by atoms with van der Waals surface area (Å²) >= 11 is 0. The van der Waals surface area contributed by atoms with Crippen LogP contribution in [-0.4, -0.2) is 17.7 Å². The van der Waals surface area contributed by atoms with Gasteiger partial charge in [-0.2, -0.15) is 0 Å². The Labute approximate surface area is 88.0 Å². The topological polar surface area (TPSA) is 72.5 Å². The number of aliphatic hydroxyl groups is 1. The normalized spacial score (nSPS) is 11.1. The summed E-state index contributed by atoms with van der Waals surface area (Å²) in [5.41, 5.74) is 6.61.